The maximum Gasteiger partial charge on any atom is 0.0107 e. The topological polar surface area (TPSA) is 15.3 Å². The molecule has 2 nitrogen and oxygen atoms in total. The SMILES string of the molecule is Cc1ccc2cc(CCCN3CCNCC3)ccc2c1. The second-order valence-electron chi connectivity index (χ2n) is 5.88. The van der Waals surface area contributed by atoms with E-state index in [2.05, 4.69) is 53.5 Å². The Kier molecular flexibility index (Phi) is 4.34. The first kappa shape index (κ1) is 13.6. The molecule has 106 valence electrons. The Morgan fingerprint density at radius 1 is 1.00 bits per heavy atom. The van der Waals surface area contributed by atoms with Crippen molar-refractivity contribution < 1.29 is 0 Å². The molecule has 0 spiro atoms. The van der Waals surface area contributed by atoms with Gasteiger partial charge >= 0.3 is 0 Å². The maximum atomic E-state index is 3.41. The van der Waals surface area contributed by atoms with Crippen LogP contribution in [0.3, 0.4) is 0 Å². The van der Waals surface area contributed by atoms with Gasteiger partial charge in [-0.2, -0.15) is 0 Å². The second kappa shape index (κ2) is 6.38. The van der Waals surface area contributed by atoms with Crippen molar-refractivity contribution in [2.24, 2.45) is 0 Å². The molecule has 20 heavy (non-hydrogen) atoms. The highest BCUT2D eigenvalue weighted by Crippen LogP contribution is 2.18. The van der Waals surface area contributed by atoms with E-state index in [1.54, 1.807) is 0 Å². The van der Waals surface area contributed by atoms with E-state index < -0.39 is 0 Å². The molecule has 1 heterocycles. The number of nitrogens with one attached hydrogen (secondary N) is 1. The molecular weight excluding hydrogens is 244 g/mol. The Morgan fingerprint density at radius 2 is 1.75 bits per heavy atom. The van der Waals surface area contributed by atoms with Crippen LogP contribution in [0.25, 0.3) is 10.8 Å². The van der Waals surface area contributed by atoms with E-state index in [1.807, 2.05) is 0 Å². The van der Waals surface area contributed by atoms with E-state index in [-0.39, 0.29) is 0 Å². The summed E-state index contributed by atoms with van der Waals surface area (Å²) in [5, 5.41) is 6.13. The van der Waals surface area contributed by atoms with E-state index in [1.165, 1.54) is 54.4 Å². The highest BCUT2D eigenvalue weighted by molar-refractivity contribution is 5.83. The fraction of sp³-hybridized carbons (Fsp3) is 0.444. The standard InChI is InChI=1S/C18H24N2/c1-15-4-6-18-14-16(5-7-17(18)13-15)3-2-10-20-11-8-19-9-12-20/h4-7,13-14,19H,2-3,8-12H2,1H3. The number of hydrogen-bond acceptors (Lipinski definition) is 2. The summed E-state index contributed by atoms with van der Waals surface area (Å²) in [6, 6.07) is 13.6. The predicted octanol–water partition coefficient (Wildman–Crippen LogP) is 2.99. The molecule has 0 aromatic heterocycles. The van der Waals surface area contributed by atoms with Gasteiger partial charge in [0.15, 0.2) is 0 Å². The molecule has 0 atom stereocenters. The maximum absolute atomic E-state index is 3.41. The molecule has 1 aliphatic rings. The molecule has 0 saturated carbocycles. The molecule has 2 aromatic carbocycles. The lowest BCUT2D eigenvalue weighted by atomic mass is 10.0. The quantitative estimate of drug-likeness (QED) is 0.917. The molecule has 3 rings (SSSR count). The van der Waals surface area contributed by atoms with Crippen LogP contribution in [-0.2, 0) is 6.42 Å². The molecule has 0 aliphatic carbocycles. The van der Waals surface area contributed by atoms with Crippen LogP contribution in [0.1, 0.15) is 17.5 Å². The van der Waals surface area contributed by atoms with Crippen molar-refractivity contribution >= 4 is 10.8 Å². The number of aryl methyl sites for hydroxylation is 2. The Hall–Kier alpha value is -1.38. The van der Waals surface area contributed by atoms with Crippen LogP contribution < -0.4 is 5.32 Å². The molecule has 2 aromatic rings. The molecule has 1 aliphatic heterocycles. The lowest BCUT2D eigenvalue weighted by Crippen LogP contribution is -2.43. The van der Waals surface area contributed by atoms with Gasteiger partial charge in [0, 0.05) is 26.2 Å². The Labute approximate surface area is 121 Å². The summed E-state index contributed by atoms with van der Waals surface area (Å²) in [5.41, 5.74) is 2.81. The first-order valence-electron chi connectivity index (χ1n) is 7.74. The molecule has 2 heteroatoms. The average molecular weight is 268 g/mol. The summed E-state index contributed by atoms with van der Waals surface area (Å²) in [4.78, 5) is 2.57. The predicted molar refractivity (Wildman–Crippen MR) is 86.3 cm³/mol. The minimum atomic E-state index is 1.15. The fourth-order valence-corrected chi connectivity index (χ4v) is 3.01. The van der Waals surface area contributed by atoms with Gasteiger partial charge in [-0.3, -0.25) is 0 Å². The van der Waals surface area contributed by atoms with Crippen molar-refractivity contribution in [3.63, 3.8) is 0 Å². The fourth-order valence-electron chi connectivity index (χ4n) is 3.01. The van der Waals surface area contributed by atoms with Crippen molar-refractivity contribution in [3.05, 3.63) is 47.5 Å². The van der Waals surface area contributed by atoms with Gasteiger partial charge in [-0.15, -0.1) is 0 Å². The van der Waals surface area contributed by atoms with Crippen LogP contribution in [0, 0.1) is 6.92 Å². The minimum Gasteiger partial charge on any atom is -0.314 e. The average Bonchev–Trinajstić information content (AvgIpc) is 2.48. The third-order valence-electron chi connectivity index (χ3n) is 4.21. The van der Waals surface area contributed by atoms with E-state index in [0.29, 0.717) is 0 Å². The van der Waals surface area contributed by atoms with Gasteiger partial charge in [-0.05, 0) is 42.6 Å². The van der Waals surface area contributed by atoms with Crippen LogP contribution in [0.4, 0.5) is 0 Å². The molecule has 1 fully saturated rings. The van der Waals surface area contributed by atoms with E-state index in [4.69, 9.17) is 0 Å². The second-order valence-corrected chi connectivity index (χ2v) is 5.88. The summed E-state index contributed by atoms with van der Waals surface area (Å²) < 4.78 is 0. The number of benzene rings is 2. The summed E-state index contributed by atoms with van der Waals surface area (Å²) in [5.74, 6) is 0. The molecule has 0 amide bonds. The van der Waals surface area contributed by atoms with Crippen molar-refractivity contribution in [1.29, 1.82) is 0 Å². The highest BCUT2D eigenvalue weighted by atomic mass is 15.2. The van der Waals surface area contributed by atoms with E-state index in [9.17, 15) is 0 Å². The highest BCUT2D eigenvalue weighted by Gasteiger charge is 2.08. The zero-order valence-electron chi connectivity index (χ0n) is 12.4. The monoisotopic (exact) mass is 268 g/mol. The molecule has 0 radical (unpaired) electrons. The van der Waals surface area contributed by atoms with Crippen molar-refractivity contribution in [3.8, 4) is 0 Å². The normalized spacial score (nSPS) is 16.6. The van der Waals surface area contributed by atoms with Crippen molar-refractivity contribution in [2.45, 2.75) is 19.8 Å². The van der Waals surface area contributed by atoms with E-state index >= 15 is 0 Å². The minimum absolute atomic E-state index is 1.15. The molecule has 0 unspecified atom stereocenters. The zero-order valence-corrected chi connectivity index (χ0v) is 12.4. The Balaban J connectivity index is 1.58. The number of nitrogens with zero attached hydrogens (tertiary/aromatic N) is 1. The van der Waals surface area contributed by atoms with Gasteiger partial charge in [0.05, 0.1) is 0 Å². The van der Waals surface area contributed by atoms with Crippen molar-refractivity contribution in [2.75, 3.05) is 32.7 Å². The van der Waals surface area contributed by atoms with Crippen LogP contribution in [-0.4, -0.2) is 37.6 Å². The third-order valence-corrected chi connectivity index (χ3v) is 4.21. The number of fused-ring (bicyclic) bond motifs is 1. The van der Waals surface area contributed by atoms with E-state index in [0.717, 1.165) is 13.1 Å². The number of piperazine rings is 1. The lowest BCUT2D eigenvalue weighted by molar-refractivity contribution is 0.238. The summed E-state index contributed by atoms with van der Waals surface area (Å²) in [7, 11) is 0. The van der Waals surface area contributed by atoms with Crippen molar-refractivity contribution in [1.82, 2.24) is 10.2 Å². The Morgan fingerprint density at radius 3 is 2.60 bits per heavy atom. The van der Waals surface area contributed by atoms with Gasteiger partial charge in [-0.1, -0.05) is 42.0 Å². The van der Waals surface area contributed by atoms with Gasteiger partial charge < -0.3 is 10.2 Å². The zero-order chi connectivity index (χ0) is 13.8. The van der Waals surface area contributed by atoms with Gasteiger partial charge in [0.2, 0.25) is 0 Å². The van der Waals surface area contributed by atoms with Gasteiger partial charge in [0.1, 0.15) is 0 Å². The van der Waals surface area contributed by atoms with Gasteiger partial charge in [0.25, 0.3) is 0 Å². The summed E-state index contributed by atoms with van der Waals surface area (Å²) in [6.45, 7) is 8.09. The van der Waals surface area contributed by atoms with Gasteiger partial charge in [-0.25, -0.2) is 0 Å². The largest absolute Gasteiger partial charge is 0.314 e. The van der Waals surface area contributed by atoms with Crippen LogP contribution >= 0.6 is 0 Å². The smallest absolute Gasteiger partial charge is 0.0107 e. The first-order chi connectivity index (χ1) is 9.81. The lowest BCUT2D eigenvalue weighted by Gasteiger charge is -2.27. The van der Waals surface area contributed by atoms with Crippen LogP contribution in [0.2, 0.25) is 0 Å². The van der Waals surface area contributed by atoms with Crippen LogP contribution in [0.15, 0.2) is 36.4 Å². The number of rotatable bonds is 4. The van der Waals surface area contributed by atoms with Crippen LogP contribution in [0.5, 0.6) is 0 Å². The molecule has 1 N–H and O–H groups in total. The Bertz CT molecular complexity index is 571. The molecule has 0 bridgehead atoms. The number of hydrogen-bond donors (Lipinski definition) is 1. The third kappa shape index (κ3) is 3.38. The molecule has 1 saturated heterocycles. The molecular formula is C18H24N2. The summed E-state index contributed by atoms with van der Waals surface area (Å²) >= 11 is 0. The first-order valence-corrected chi connectivity index (χ1v) is 7.74. The summed E-state index contributed by atoms with van der Waals surface area (Å²) in [6.07, 6.45) is 2.45.